The molecule has 192 valence electrons. The highest BCUT2D eigenvalue weighted by Crippen LogP contribution is 2.26. The van der Waals surface area contributed by atoms with Crippen molar-refractivity contribution >= 4 is 5.97 Å². The highest BCUT2D eigenvalue weighted by atomic mass is 16.5. The van der Waals surface area contributed by atoms with Crippen LogP contribution in [0.15, 0.2) is 0 Å². The van der Waals surface area contributed by atoms with Crippen LogP contribution in [0.3, 0.4) is 0 Å². The van der Waals surface area contributed by atoms with Gasteiger partial charge in [-0.1, -0.05) is 150 Å². The maximum Gasteiger partial charge on any atom is 0.308 e. The molecule has 0 amide bonds. The zero-order valence-corrected chi connectivity index (χ0v) is 22.7. The third-order valence-electron chi connectivity index (χ3n) is 7.14. The maximum atomic E-state index is 12.7. The summed E-state index contributed by atoms with van der Waals surface area (Å²) < 4.78 is 5.72. The van der Waals surface area contributed by atoms with E-state index in [-0.39, 0.29) is 11.9 Å². The Morgan fingerprint density at radius 1 is 0.562 bits per heavy atom. The van der Waals surface area contributed by atoms with Crippen molar-refractivity contribution in [3.63, 3.8) is 0 Å². The van der Waals surface area contributed by atoms with Crippen molar-refractivity contribution < 1.29 is 9.53 Å². The molecule has 0 saturated carbocycles. The van der Waals surface area contributed by atoms with E-state index < -0.39 is 0 Å². The first-order chi connectivity index (χ1) is 15.7. The van der Waals surface area contributed by atoms with Gasteiger partial charge < -0.3 is 4.74 Å². The summed E-state index contributed by atoms with van der Waals surface area (Å²) in [6, 6.07) is 0. The Kier molecular flexibility index (Phi) is 24.7. The standard InChI is InChI=1S/C30H60O2/c1-5-9-12-13-14-15-16-17-18-19-20-21-22-23-26-32-30(31)29(25-11-7-3)27-28(8-4)24-10-6-2/h28-29H,5-27H2,1-4H3. The molecule has 2 atom stereocenters. The fourth-order valence-corrected chi connectivity index (χ4v) is 4.75. The van der Waals surface area contributed by atoms with Crippen LogP contribution in [0, 0.1) is 11.8 Å². The molecule has 0 aromatic rings. The highest BCUT2D eigenvalue weighted by Gasteiger charge is 2.23. The first-order valence-electron chi connectivity index (χ1n) is 14.9. The van der Waals surface area contributed by atoms with E-state index in [0.717, 1.165) is 32.1 Å². The molecule has 0 aliphatic heterocycles. The van der Waals surface area contributed by atoms with E-state index in [1.54, 1.807) is 0 Å². The molecule has 0 radical (unpaired) electrons. The van der Waals surface area contributed by atoms with E-state index in [1.165, 1.54) is 109 Å². The Labute approximate surface area is 203 Å². The fourth-order valence-electron chi connectivity index (χ4n) is 4.75. The molecule has 2 unspecified atom stereocenters. The lowest BCUT2D eigenvalue weighted by Gasteiger charge is -2.21. The molecule has 0 fully saturated rings. The van der Waals surface area contributed by atoms with Crippen molar-refractivity contribution in [2.45, 2.75) is 169 Å². The van der Waals surface area contributed by atoms with Gasteiger partial charge in [0.25, 0.3) is 0 Å². The second-order valence-electron chi connectivity index (χ2n) is 10.3. The van der Waals surface area contributed by atoms with Crippen molar-refractivity contribution in [2.24, 2.45) is 11.8 Å². The highest BCUT2D eigenvalue weighted by molar-refractivity contribution is 5.72. The molecule has 0 aromatic heterocycles. The smallest absolute Gasteiger partial charge is 0.308 e. The fraction of sp³-hybridized carbons (Fsp3) is 0.967. The lowest BCUT2D eigenvalue weighted by molar-refractivity contribution is -0.149. The molecule has 0 aliphatic carbocycles. The van der Waals surface area contributed by atoms with Gasteiger partial charge in [0.15, 0.2) is 0 Å². The molecule has 2 nitrogen and oxygen atoms in total. The van der Waals surface area contributed by atoms with Crippen molar-refractivity contribution in [3.8, 4) is 0 Å². The maximum absolute atomic E-state index is 12.7. The van der Waals surface area contributed by atoms with Gasteiger partial charge in [0, 0.05) is 0 Å². The zero-order valence-electron chi connectivity index (χ0n) is 22.7. The van der Waals surface area contributed by atoms with Gasteiger partial charge in [-0.05, 0) is 25.2 Å². The Balaban J connectivity index is 3.74. The number of esters is 1. The lowest BCUT2D eigenvalue weighted by atomic mass is 9.86. The molecule has 0 aliphatic rings. The van der Waals surface area contributed by atoms with Crippen LogP contribution in [0.25, 0.3) is 0 Å². The van der Waals surface area contributed by atoms with Crippen LogP contribution in [0.5, 0.6) is 0 Å². The molecule has 0 saturated heterocycles. The van der Waals surface area contributed by atoms with E-state index in [9.17, 15) is 4.79 Å². The summed E-state index contributed by atoms with van der Waals surface area (Å²) in [4.78, 5) is 12.7. The molecular formula is C30H60O2. The number of hydrogen-bond acceptors (Lipinski definition) is 2. The number of unbranched alkanes of at least 4 members (excludes halogenated alkanes) is 15. The summed E-state index contributed by atoms with van der Waals surface area (Å²) >= 11 is 0. The van der Waals surface area contributed by atoms with Crippen LogP contribution >= 0.6 is 0 Å². The number of carbonyl (C=O) groups excluding carboxylic acids is 1. The lowest BCUT2D eigenvalue weighted by Crippen LogP contribution is -2.21. The minimum Gasteiger partial charge on any atom is -0.465 e. The molecular weight excluding hydrogens is 392 g/mol. The SMILES string of the molecule is CCCCCCCCCCCCCCCCOC(=O)C(CCCC)CC(CC)CCCC. The number of rotatable bonds is 25. The summed E-state index contributed by atoms with van der Waals surface area (Å²) in [6.07, 6.45) is 28.4. The first-order valence-corrected chi connectivity index (χ1v) is 14.9. The Morgan fingerprint density at radius 3 is 1.47 bits per heavy atom. The van der Waals surface area contributed by atoms with E-state index in [2.05, 4.69) is 27.7 Å². The predicted octanol–water partition coefficient (Wildman–Crippen LogP) is 10.4. The summed E-state index contributed by atoms with van der Waals surface area (Å²) in [5.74, 6) is 0.900. The van der Waals surface area contributed by atoms with Gasteiger partial charge in [-0.2, -0.15) is 0 Å². The van der Waals surface area contributed by atoms with Crippen LogP contribution in [0.2, 0.25) is 0 Å². The first kappa shape index (κ1) is 31.5. The van der Waals surface area contributed by atoms with E-state index >= 15 is 0 Å². The van der Waals surface area contributed by atoms with Gasteiger partial charge >= 0.3 is 5.97 Å². The van der Waals surface area contributed by atoms with Crippen LogP contribution in [0.1, 0.15) is 169 Å². The topological polar surface area (TPSA) is 26.3 Å². The Bertz CT molecular complexity index is 379. The zero-order chi connectivity index (χ0) is 23.7. The minimum atomic E-state index is 0.0862. The average molecular weight is 453 g/mol. The number of hydrogen-bond donors (Lipinski definition) is 0. The Hall–Kier alpha value is -0.530. The summed E-state index contributed by atoms with van der Waals surface area (Å²) in [5.41, 5.74) is 0. The largest absolute Gasteiger partial charge is 0.465 e. The van der Waals surface area contributed by atoms with Gasteiger partial charge in [0.2, 0.25) is 0 Å². The van der Waals surface area contributed by atoms with E-state index in [1.807, 2.05) is 0 Å². The van der Waals surface area contributed by atoms with Crippen LogP contribution < -0.4 is 0 Å². The third kappa shape index (κ3) is 20.1. The van der Waals surface area contributed by atoms with Crippen LogP contribution in [0.4, 0.5) is 0 Å². The molecule has 0 spiro atoms. The van der Waals surface area contributed by atoms with Crippen molar-refractivity contribution in [3.05, 3.63) is 0 Å². The van der Waals surface area contributed by atoms with Gasteiger partial charge in [-0.15, -0.1) is 0 Å². The molecule has 32 heavy (non-hydrogen) atoms. The number of ether oxygens (including phenoxy) is 1. The average Bonchev–Trinajstić information content (AvgIpc) is 2.81. The second-order valence-corrected chi connectivity index (χ2v) is 10.3. The van der Waals surface area contributed by atoms with Gasteiger partial charge in [0.1, 0.15) is 0 Å². The van der Waals surface area contributed by atoms with E-state index in [4.69, 9.17) is 4.74 Å². The van der Waals surface area contributed by atoms with Crippen molar-refractivity contribution in [2.75, 3.05) is 6.61 Å². The molecule has 0 heterocycles. The van der Waals surface area contributed by atoms with Crippen molar-refractivity contribution in [1.82, 2.24) is 0 Å². The van der Waals surface area contributed by atoms with Crippen LogP contribution in [-0.4, -0.2) is 12.6 Å². The van der Waals surface area contributed by atoms with E-state index in [0.29, 0.717) is 12.5 Å². The summed E-state index contributed by atoms with van der Waals surface area (Å²) in [7, 11) is 0. The number of carbonyl (C=O) groups is 1. The third-order valence-corrected chi connectivity index (χ3v) is 7.14. The van der Waals surface area contributed by atoms with Gasteiger partial charge in [0.05, 0.1) is 12.5 Å². The molecule has 0 N–H and O–H groups in total. The minimum absolute atomic E-state index is 0.0862. The molecule has 0 aromatic carbocycles. The molecule has 2 heteroatoms. The van der Waals surface area contributed by atoms with Crippen molar-refractivity contribution in [1.29, 1.82) is 0 Å². The second kappa shape index (κ2) is 25.1. The summed E-state index contributed by atoms with van der Waals surface area (Å²) in [6.45, 7) is 9.66. The summed E-state index contributed by atoms with van der Waals surface area (Å²) in [5, 5.41) is 0. The van der Waals surface area contributed by atoms with Crippen LogP contribution in [-0.2, 0) is 9.53 Å². The quantitative estimate of drug-likeness (QED) is 0.102. The monoisotopic (exact) mass is 452 g/mol. The molecule has 0 rings (SSSR count). The predicted molar refractivity (Wildman–Crippen MR) is 142 cm³/mol. The Morgan fingerprint density at radius 2 is 1.00 bits per heavy atom. The van der Waals surface area contributed by atoms with Gasteiger partial charge in [-0.25, -0.2) is 0 Å². The molecule has 0 bridgehead atoms. The van der Waals surface area contributed by atoms with Gasteiger partial charge in [-0.3, -0.25) is 4.79 Å². The normalized spacial score (nSPS) is 13.2.